The van der Waals surface area contributed by atoms with E-state index in [1.165, 1.54) is 25.1 Å². The maximum Gasteiger partial charge on any atom is 0.251 e. The minimum Gasteiger partial charge on any atom is -0.506 e. The second-order valence-electron chi connectivity index (χ2n) is 4.10. The first-order valence-corrected chi connectivity index (χ1v) is 5.04. The van der Waals surface area contributed by atoms with Crippen molar-refractivity contribution in [2.45, 2.75) is 12.5 Å². The first-order valence-electron chi connectivity index (χ1n) is 5.04. The predicted octanol–water partition coefficient (Wildman–Crippen LogP) is -0.553. The molecule has 6 nitrogen and oxygen atoms in total. The van der Waals surface area contributed by atoms with Crippen LogP contribution in [0, 0.1) is 0 Å². The molecule has 0 unspecified atom stereocenters. The standard InChI is InChI=1S/C11H16N2O4/c1-11(5-14,6-15)13-10(17)7-2-3-8(12)9(16)4-7/h2-4,14-16H,5-6,12H2,1H3,(H,13,17). The molecule has 94 valence electrons. The molecule has 1 aromatic rings. The highest BCUT2D eigenvalue weighted by Crippen LogP contribution is 2.20. The number of rotatable bonds is 4. The van der Waals surface area contributed by atoms with Gasteiger partial charge < -0.3 is 26.4 Å². The van der Waals surface area contributed by atoms with Crippen molar-refractivity contribution in [2.24, 2.45) is 0 Å². The smallest absolute Gasteiger partial charge is 0.251 e. The van der Waals surface area contributed by atoms with Crippen LogP contribution in [0.5, 0.6) is 5.75 Å². The van der Waals surface area contributed by atoms with Crippen LogP contribution in [0.4, 0.5) is 5.69 Å². The lowest BCUT2D eigenvalue weighted by molar-refractivity contribution is 0.0723. The number of carbonyl (C=O) groups is 1. The van der Waals surface area contributed by atoms with Gasteiger partial charge in [0.15, 0.2) is 0 Å². The molecule has 1 amide bonds. The van der Waals surface area contributed by atoms with E-state index >= 15 is 0 Å². The van der Waals surface area contributed by atoms with E-state index in [9.17, 15) is 9.90 Å². The van der Waals surface area contributed by atoms with Crippen molar-refractivity contribution < 1.29 is 20.1 Å². The lowest BCUT2D eigenvalue weighted by Crippen LogP contribution is -2.51. The van der Waals surface area contributed by atoms with Crippen LogP contribution in [0.25, 0.3) is 0 Å². The van der Waals surface area contributed by atoms with Crippen LogP contribution < -0.4 is 11.1 Å². The SMILES string of the molecule is CC(CO)(CO)NC(=O)c1ccc(N)c(O)c1. The average Bonchev–Trinajstić information content (AvgIpc) is 2.32. The summed E-state index contributed by atoms with van der Waals surface area (Å²) in [5.41, 5.74) is 4.68. The number of nitrogens with one attached hydrogen (secondary N) is 1. The van der Waals surface area contributed by atoms with Crippen LogP contribution in [0.15, 0.2) is 18.2 Å². The second-order valence-corrected chi connectivity index (χ2v) is 4.10. The molecule has 1 rings (SSSR count). The van der Waals surface area contributed by atoms with Crippen LogP contribution >= 0.6 is 0 Å². The Hall–Kier alpha value is -1.79. The van der Waals surface area contributed by atoms with E-state index in [2.05, 4.69) is 5.32 Å². The summed E-state index contributed by atoms with van der Waals surface area (Å²) in [5.74, 6) is -0.696. The third-order valence-corrected chi connectivity index (χ3v) is 2.41. The van der Waals surface area contributed by atoms with E-state index in [4.69, 9.17) is 15.9 Å². The van der Waals surface area contributed by atoms with Gasteiger partial charge in [-0.3, -0.25) is 4.79 Å². The van der Waals surface area contributed by atoms with E-state index in [-0.39, 0.29) is 17.0 Å². The normalized spacial score (nSPS) is 11.2. The maximum atomic E-state index is 11.8. The summed E-state index contributed by atoms with van der Waals surface area (Å²) >= 11 is 0. The summed E-state index contributed by atoms with van der Waals surface area (Å²) < 4.78 is 0. The van der Waals surface area contributed by atoms with Gasteiger partial charge in [0, 0.05) is 5.56 Å². The Bertz CT molecular complexity index is 416. The van der Waals surface area contributed by atoms with Crippen LogP contribution in [-0.2, 0) is 0 Å². The number of phenolic OH excluding ortho intramolecular Hbond substituents is 1. The Morgan fingerprint density at radius 2 is 2.00 bits per heavy atom. The molecule has 6 N–H and O–H groups in total. The van der Waals surface area contributed by atoms with Crippen LogP contribution in [-0.4, -0.2) is 40.0 Å². The Balaban J connectivity index is 2.86. The monoisotopic (exact) mass is 240 g/mol. The van der Waals surface area contributed by atoms with Crippen LogP contribution in [0.2, 0.25) is 0 Å². The van der Waals surface area contributed by atoms with Gasteiger partial charge in [0.1, 0.15) is 5.75 Å². The summed E-state index contributed by atoms with van der Waals surface area (Å²) in [5, 5.41) is 29.9. The molecule has 0 aromatic heterocycles. The second kappa shape index (κ2) is 5.03. The Labute approximate surface area is 98.7 Å². The summed E-state index contributed by atoms with van der Waals surface area (Å²) in [4.78, 5) is 11.8. The summed E-state index contributed by atoms with van der Waals surface area (Å²) in [7, 11) is 0. The molecular formula is C11H16N2O4. The summed E-state index contributed by atoms with van der Waals surface area (Å²) in [6.07, 6.45) is 0. The molecule has 0 radical (unpaired) electrons. The Morgan fingerprint density at radius 3 is 2.47 bits per heavy atom. The molecular weight excluding hydrogens is 224 g/mol. The van der Waals surface area contributed by atoms with Crippen molar-refractivity contribution in [1.29, 1.82) is 0 Å². The molecule has 17 heavy (non-hydrogen) atoms. The fourth-order valence-corrected chi connectivity index (χ4v) is 1.16. The minimum absolute atomic E-state index is 0.175. The van der Waals surface area contributed by atoms with Gasteiger partial charge in [0.2, 0.25) is 0 Å². The molecule has 6 heteroatoms. The minimum atomic E-state index is -1.10. The molecule has 0 aliphatic rings. The van der Waals surface area contributed by atoms with E-state index in [1.807, 2.05) is 0 Å². The molecule has 0 spiro atoms. The van der Waals surface area contributed by atoms with Crippen molar-refractivity contribution in [1.82, 2.24) is 5.32 Å². The lowest BCUT2D eigenvalue weighted by Gasteiger charge is -2.26. The van der Waals surface area contributed by atoms with Crippen molar-refractivity contribution in [3.05, 3.63) is 23.8 Å². The average molecular weight is 240 g/mol. The highest BCUT2D eigenvalue weighted by Gasteiger charge is 2.25. The number of amides is 1. The van der Waals surface area contributed by atoms with Gasteiger partial charge in [0.05, 0.1) is 24.4 Å². The maximum absolute atomic E-state index is 11.8. The van der Waals surface area contributed by atoms with E-state index in [1.54, 1.807) is 0 Å². The zero-order chi connectivity index (χ0) is 13.1. The third kappa shape index (κ3) is 3.08. The quantitative estimate of drug-likeness (QED) is 0.357. The fraction of sp³-hybridized carbons (Fsp3) is 0.364. The van der Waals surface area contributed by atoms with Gasteiger partial charge in [-0.15, -0.1) is 0 Å². The molecule has 0 atom stereocenters. The number of nitrogens with two attached hydrogens (primary N) is 1. The zero-order valence-corrected chi connectivity index (χ0v) is 9.47. The first-order chi connectivity index (χ1) is 7.91. The predicted molar refractivity (Wildman–Crippen MR) is 62.6 cm³/mol. The highest BCUT2D eigenvalue weighted by molar-refractivity contribution is 5.95. The number of benzene rings is 1. The van der Waals surface area contributed by atoms with E-state index in [0.717, 1.165) is 0 Å². The highest BCUT2D eigenvalue weighted by atomic mass is 16.3. The molecule has 0 saturated heterocycles. The molecule has 0 heterocycles. The van der Waals surface area contributed by atoms with E-state index < -0.39 is 24.7 Å². The number of nitrogen functional groups attached to an aromatic ring is 1. The number of anilines is 1. The molecule has 0 saturated carbocycles. The molecule has 0 aliphatic carbocycles. The van der Waals surface area contributed by atoms with Gasteiger partial charge in [-0.2, -0.15) is 0 Å². The number of carbonyl (C=O) groups excluding carboxylic acids is 1. The van der Waals surface area contributed by atoms with Crippen molar-refractivity contribution in [3.8, 4) is 5.75 Å². The molecule has 0 aliphatic heterocycles. The molecule has 0 fully saturated rings. The van der Waals surface area contributed by atoms with Gasteiger partial charge >= 0.3 is 0 Å². The largest absolute Gasteiger partial charge is 0.506 e. The molecule has 0 bridgehead atoms. The Morgan fingerprint density at radius 1 is 1.41 bits per heavy atom. The number of aromatic hydroxyl groups is 1. The topological polar surface area (TPSA) is 116 Å². The number of aliphatic hydroxyl groups excluding tert-OH is 2. The fourth-order valence-electron chi connectivity index (χ4n) is 1.16. The van der Waals surface area contributed by atoms with E-state index in [0.29, 0.717) is 0 Å². The summed E-state index contributed by atoms with van der Waals surface area (Å²) in [6.45, 7) is 0.717. The van der Waals surface area contributed by atoms with Gasteiger partial charge in [-0.25, -0.2) is 0 Å². The van der Waals surface area contributed by atoms with Gasteiger partial charge in [-0.05, 0) is 25.1 Å². The Kier molecular flexibility index (Phi) is 3.93. The van der Waals surface area contributed by atoms with Crippen molar-refractivity contribution >= 4 is 11.6 Å². The van der Waals surface area contributed by atoms with Crippen molar-refractivity contribution in [3.63, 3.8) is 0 Å². The van der Waals surface area contributed by atoms with Crippen molar-refractivity contribution in [2.75, 3.05) is 18.9 Å². The van der Waals surface area contributed by atoms with Gasteiger partial charge in [-0.1, -0.05) is 0 Å². The summed E-state index contributed by atoms with van der Waals surface area (Å²) in [6, 6.07) is 4.07. The van der Waals surface area contributed by atoms with Gasteiger partial charge in [0.25, 0.3) is 5.91 Å². The zero-order valence-electron chi connectivity index (χ0n) is 9.47. The first kappa shape index (κ1) is 13.3. The number of hydrogen-bond donors (Lipinski definition) is 5. The lowest BCUT2D eigenvalue weighted by atomic mass is 10.0. The van der Waals surface area contributed by atoms with Crippen LogP contribution in [0.1, 0.15) is 17.3 Å². The number of hydrogen-bond acceptors (Lipinski definition) is 5. The number of phenols is 1. The number of aliphatic hydroxyl groups is 2. The molecule has 1 aromatic carbocycles. The third-order valence-electron chi connectivity index (χ3n) is 2.41. The van der Waals surface area contributed by atoms with Crippen LogP contribution in [0.3, 0.4) is 0 Å².